The van der Waals surface area contributed by atoms with Gasteiger partial charge in [0.05, 0.1) is 18.3 Å². The zero-order valence-corrected chi connectivity index (χ0v) is 15.1. The van der Waals surface area contributed by atoms with Gasteiger partial charge < -0.3 is 14.5 Å². The zero-order valence-electron chi connectivity index (χ0n) is 15.1. The molecule has 0 unspecified atom stereocenters. The van der Waals surface area contributed by atoms with Crippen molar-refractivity contribution in [2.45, 2.75) is 32.4 Å². The fraction of sp³-hybridized carbons (Fsp3) is 0.500. The van der Waals surface area contributed by atoms with Crippen LogP contribution < -0.4 is 0 Å². The van der Waals surface area contributed by atoms with E-state index < -0.39 is 6.10 Å². The second-order valence-electron chi connectivity index (χ2n) is 7.49. The second-order valence-corrected chi connectivity index (χ2v) is 7.49. The van der Waals surface area contributed by atoms with Crippen molar-refractivity contribution in [3.63, 3.8) is 0 Å². The quantitative estimate of drug-likeness (QED) is 0.898. The third-order valence-corrected chi connectivity index (χ3v) is 5.47. The average molecular weight is 355 g/mol. The van der Waals surface area contributed by atoms with Crippen LogP contribution in [0.25, 0.3) is 0 Å². The molecule has 6 heteroatoms. The van der Waals surface area contributed by atoms with Gasteiger partial charge in [0.15, 0.2) is 0 Å². The van der Waals surface area contributed by atoms with E-state index in [9.17, 15) is 9.90 Å². The number of β-amino-alcohol motifs (C(OH)–C–C–N with tert-alkyl or cyclic N) is 1. The first-order valence-electron chi connectivity index (χ1n) is 9.25. The fourth-order valence-electron chi connectivity index (χ4n) is 4.01. The number of carbonyl (C=O) groups is 1. The first-order chi connectivity index (χ1) is 12.6. The van der Waals surface area contributed by atoms with E-state index in [4.69, 9.17) is 4.52 Å². The molecule has 0 saturated carbocycles. The largest absolute Gasteiger partial charge is 0.391 e. The third-order valence-electron chi connectivity index (χ3n) is 5.47. The summed E-state index contributed by atoms with van der Waals surface area (Å²) in [5, 5.41) is 14.2. The lowest BCUT2D eigenvalue weighted by atomic mass is 10.00. The summed E-state index contributed by atoms with van der Waals surface area (Å²) < 4.78 is 5.25. The van der Waals surface area contributed by atoms with Gasteiger partial charge in [0.2, 0.25) is 5.91 Å². The molecule has 0 aliphatic carbocycles. The van der Waals surface area contributed by atoms with Crippen molar-refractivity contribution in [3.8, 4) is 0 Å². The van der Waals surface area contributed by atoms with Gasteiger partial charge in [-0.25, -0.2) is 0 Å². The first-order valence-corrected chi connectivity index (χ1v) is 9.25. The molecule has 0 spiro atoms. The Bertz CT molecular complexity index is 788. The Hall–Kier alpha value is -2.18. The Morgan fingerprint density at radius 1 is 1.31 bits per heavy atom. The average Bonchev–Trinajstić information content (AvgIpc) is 3.21. The molecule has 2 atom stereocenters. The van der Waals surface area contributed by atoms with Crippen molar-refractivity contribution >= 4 is 5.91 Å². The van der Waals surface area contributed by atoms with Crippen molar-refractivity contribution in [1.29, 1.82) is 0 Å². The summed E-state index contributed by atoms with van der Waals surface area (Å²) in [6, 6.07) is 10.3. The highest BCUT2D eigenvalue weighted by Gasteiger charge is 2.35. The molecule has 0 radical (unpaired) electrons. The van der Waals surface area contributed by atoms with E-state index >= 15 is 0 Å². The van der Waals surface area contributed by atoms with Gasteiger partial charge in [-0.2, -0.15) is 0 Å². The summed E-state index contributed by atoms with van der Waals surface area (Å²) in [6.07, 6.45) is 1.09. The Labute approximate surface area is 153 Å². The number of carbonyl (C=O) groups excluding carboxylic acids is 1. The summed E-state index contributed by atoms with van der Waals surface area (Å²) in [5.41, 5.74) is 3.53. The molecule has 3 heterocycles. The molecule has 4 rings (SSSR count). The Kier molecular flexibility index (Phi) is 4.78. The maximum Gasteiger partial charge on any atom is 0.236 e. The van der Waals surface area contributed by atoms with Crippen LogP contribution in [0.1, 0.15) is 22.6 Å². The minimum Gasteiger partial charge on any atom is -0.391 e. The highest BCUT2D eigenvalue weighted by Crippen LogP contribution is 2.23. The fourth-order valence-corrected chi connectivity index (χ4v) is 4.01. The number of hydrogen-bond acceptors (Lipinski definition) is 5. The lowest BCUT2D eigenvalue weighted by molar-refractivity contribution is -0.132. The summed E-state index contributed by atoms with van der Waals surface area (Å²) >= 11 is 0. The number of benzene rings is 1. The second kappa shape index (κ2) is 7.21. The standard InChI is InChI=1S/C20H25N3O3/c1-14-8-18(26-21-14)9-17-11-23(12-19(17)24)20(25)13-22-7-6-15-4-2-3-5-16(15)10-22/h2-5,8,17,19,24H,6-7,9-13H2,1H3/t17-,19-/m1/s1. The predicted molar refractivity (Wildman–Crippen MR) is 96.4 cm³/mol. The molecule has 6 nitrogen and oxygen atoms in total. The van der Waals surface area contributed by atoms with Crippen LogP contribution in [0, 0.1) is 12.8 Å². The van der Waals surface area contributed by atoms with Crippen LogP contribution >= 0.6 is 0 Å². The van der Waals surface area contributed by atoms with Crippen LogP contribution in [-0.4, -0.2) is 58.3 Å². The molecule has 1 aromatic heterocycles. The molecule has 1 N–H and O–H groups in total. The van der Waals surface area contributed by atoms with Crippen LogP contribution in [0.5, 0.6) is 0 Å². The Morgan fingerprint density at radius 2 is 2.12 bits per heavy atom. The zero-order chi connectivity index (χ0) is 18.1. The number of fused-ring (bicyclic) bond motifs is 1. The summed E-state index contributed by atoms with van der Waals surface area (Å²) in [7, 11) is 0. The van der Waals surface area contributed by atoms with Gasteiger partial charge in [-0.3, -0.25) is 9.69 Å². The minimum absolute atomic E-state index is 0.00776. The van der Waals surface area contributed by atoms with E-state index in [2.05, 4.69) is 34.3 Å². The van der Waals surface area contributed by atoms with E-state index in [1.807, 2.05) is 13.0 Å². The summed E-state index contributed by atoms with van der Waals surface area (Å²) in [6.45, 7) is 4.99. The van der Waals surface area contributed by atoms with Gasteiger partial charge in [-0.05, 0) is 24.5 Å². The van der Waals surface area contributed by atoms with E-state index in [1.165, 1.54) is 11.1 Å². The van der Waals surface area contributed by atoms with Gasteiger partial charge in [-0.1, -0.05) is 29.4 Å². The molecule has 1 aromatic carbocycles. The van der Waals surface area contributed by atoms with Crippen molar-refractivity contribution in [2.75, 3.05) is 26.2 Å². The van der Waals surface area contributed by atoms with Crippen molar-refractivity contribution in [3.05, 3.63) is 52.9 Å². The molecule has 1 amide bonds. The molecular weight excluding hydrogens is 330 g/mol. The van der Waals surface area contributed by atoms with Crippen LogP contribution in [0.3, 0.4) is 0 Å². The number of aromatic nitrogens is 1. The highest BCUT2D eigenvalue weighted by molar-refractivity contribution is 5.78. The van der Waals surface area contributed by atoms with E-state index in [1.54, 1.807) is 4.90 Å². The molecular formula is C20H25N3O3. The normalized spacial score (nSPS) is 23.2. The lowest BCUT2D eigenvalue weighted by Gasteiger charge is -2.29. The SMILES string of the molecule is Cc1cc(C[C@@H]2CN(C(=O)CN3CCc4ccccc4C3)C[C@H]2O)on1. The molecule has 0 bridgehead atoms. The number of nitrogens with zero attached hydrogens (tertiary/aromatic N) is 3. The van der Waals surface area contributed by atoms with Gasteiger partial charge in [0, 0.05) is 44.6 Å². The van der Waals surface area contributed by atoms with E-state index in [0.29, 0.717) is 26.1 Å². The molecule has 2 aliphatic heterocycles. The number of aliphatic hydroxyl groups excluding tert-OH is 1. The lowest BCUT2D eigenvalue weighted by Crippen LogP contribution is -2.41. The molecule has 2 aromatic rings. The molecule has 1 saturated heterocycles. The number of rotatable bonds is 4. The highest BCUT2D eigenvalue weighted by atomic mass is 16.5. The van der Waals surface area contributed by atoms with Gasteiger partial charge in [0.25, 0.3) is 0 Å². The Balaban J connectivity index is 1.33. The van der Waals surface area contributed by atoms with E-state index in [-0.39, 0.29) is 11.8 Å². The number of aryl methyl sites for hydroxylation is 1. The van der Waals surface area contributed by atoms with E-state index in [0.717, 1.165) is 31.0 Å². The van der Waals surface area contributed by atoms with Crippen molar-refractivity contribution < 1.29 is 14.4 Å². The van der Waals surface area contributed by atoms with Crippen LogP contribution in [-0.2, 0) is 24.2 Å². The molecule has 138 valence electrons. The number of likely N-dealkylation sites (tertiary alicyclic amines) is 1. The number of aliphatic hydroxyl groups is 1. The first kappa shape index (κ1) is 17.2. The van der Waals surface area contributed by atoms with Crippen LogP contribution in [0.2, 0.25) is 0 Å². The van der Waals surface area contributed by atoms with Gasteiger partial charge in [0.1, 0.15) is 5.76 Å². The minimum atomic E-state index is -0.508. The molecule has 1 fully saturated rings. The number of hydrogen-bond donors (Lipinski definition) is 1. The van der Waals surface area contributed by atoms with Gasteiger partial charge in [-0.15, -0.1) is 0 Å². The smallest absolute Gasteiger partial charge is 0.236 e. The maximum absolute atomic E-state index is 12.7. The Morgan fingerprint density at radius 3 is 2.88 bits per heavy atom. The molecule has 2 aliphatic rings. The monoisotopic (exact) mass is 355 g/mol. The third kappa shape index (κ3) is 3.66. The summed E-state index contributed by atoms with van der Waals surface area (Å²) in [4.78, 5) is 16.7. The van der Waals surface area contributed by atoms with Crippen LogP contribution in [0.15, 0.2) is 34.9 Å². The van der Waals surface area contributed by atoms with Crippen LogP contribution in [0.4, 0.5) is 0 Å². The number of amides is 1. The van der Waals surface area contributed by atoms with Gasteiger partial charge >= 0.3 is 0 Å². The topological polar surface area (TPSA) is 69.8 Å². The summed E-state index contributed by atoms with van der Waals surface area (Å²) in [5.74, 6) is 0.876. The maximum atomic E-state index is 12.7. The predicted octanol–water partition coefficient (Wildman–Crippen LogP) is 1.40. The van der Waals surface area contributed by atoms with Crippen molar-refractivity contribution in [1.82, 2.24) is 15.0 Å². The van der Waals surface area contributed by atoms with Crippen molar-refractivity contribution in [2.24, 2.45) is 5.92 Å². The molecule has 26 heavy (non-hydrogen) atoms.